The van der Waals surface area contributed by atoms with Crippen LogP contribution in [0.4, 0.5) is 0 Å². The zero-order valence-electron chi connectivity index (χ0n) is 15.7. The largest absolute Gasteiger partial charge is 0.291 e. The van der Waals surface area contributed by atoms with Crippen LogP contribution in [-0.2, 0) is 6.54 Å². The van der Waals surface area contributed by atoms with Crippen molar-refractivity contribution in [3.63, 3.8) is 0 Å². The average molecular weight is 347 g/mol. The van der Waals surface area contributed by atoms with Gasteiger partial charge in [0.2, 0.25) is 0 Å². The lowest BCUT2D eigenvalue weighted by molar-refractivity contribution is 0.245. The third kappa shape index (κ3) is 3.17. The molecular weight excluding hydrogens is 322 g/mol. The monoisotopic (exact) mass is 347 g/mol. The second-order valence-corrected chi connectivity index (χ2v) is 7.52. The predicted octanol–water partition coefficient (Wildman–Crippen LogP) is 3.96. The van der Waals surface area contributed by atoms with E-state index in [1.807, 2.05) is 19.1 Å². The number of nitrogens with zero attached hydrogens (tertiary/aromatic N) is 3. The Morgan fingerprint density at radius 2 is 1.88 bits per heavy atom. The van der Waals surface area contributed by atoms with Crippen molar-refractivity contribution in [1.82, 2.24) is 14.3 Å². The zero-order chi connectivity index (χ0) is 18.3. The van der Waals surface area contributed by atoms with E-state index in [-0.39, 0.29) is 5.56 Å². The normalized spacial score (nSPS) is 17.9. The van der Waals surface area contributed by atoms with E-state index in [1.54, 1.807) is 16.7 Å². The van der Waals surface area contributed by atoms with Crippen LogP contribution in [0.15, 0.2) is 47.4 Å². The molecule has 4 heteroatoms. The lowest BCUT2D eigenvalue weighted by Crippen LogP contribution is -2.25. The Labute approximate surface area is 154 Å². The molecule has 3 aromatic rings. The summed E-state index contributed by atoms with van der Waals surface area (Å²) in [6, 6.07) is 12.8. The Morgan fingerprint density at radius 1 is 1.12 bits per heavy atom. The Balaban J connectivity index is 1.67. The zero-order valence-corrected chi connectivity index (χ0v) is 15.7. The van der Waals surface area contributed by atoms with E-state index in [0.29, 0.717) is 6.04 Å². The van der Waals surface area contributed by atoms with Gasteiger partial charge in [0.1, 0.15) is 5.65 Å². The summed E-state index contributed by atoms with van der Waals surface area (Å²) in [4.78, 5) is 19.7. The fourth-order valence-electron chi connectivity index (χ4n) is 4.19. The molecule has 1 aliphatic rings. The van der Waals surface area contributed by atoms with Gasteiger partial charge >= 0.3 is 0 Å². The van der Waals surface area contributed by atoms with Crippen LogP contribution in [0.2, 0.25) is 0 Å². The summed E-state index contributed by atoms with van der Waals surface area (Å²) in [7, 11) is 0. The first-order chi connectivity index (χ1) is 12.5. The van der Waals surface area contributed by atoms with E-state index in [4.69, 9.17) is 4.98 Å². The van der Waals surface area contributed by atoms with Gasteiger partial charge in [-0.3, -0.25) is 14.1 Å². The Morgan fingerprint density at radius 3 is 2.65 bits per heavy atom. The number of aryl methyl sites for hydroxylation is 3. The van der Waals surface area contributed by atoms with Crippen LogP contribution < -0.4 is 5.56 Å². The van der Waals surface area contributed by atoms with E-state index >= 15 is 0 Å². The molecule has 1 aliphatic heterocycles. The Bertz CT molecular complexity index is 1000. The van der Waals surface area contributed by atoms with Crippen molar-refractivity contribution in [3.05, 3.63) is 80.9 Å². The second kappa shape index (κ2) is 6.69. The van der Waals surface area contributed by atoms with Crippen molar-refractivity contribution < 1.29 is 0 Å². The van der Waals surface area contributed by atoms with Crippen LogP contribution in [0.1, 0.15) is 46.8 Å². The quantitative estimate of drug-likeness (QED) is 0.720. The average Bonchev–Trinajstić information content (AvgIpc) is 3.03. The summed E-state index contributed by atoms with van der Waals surface area (Å²) in [5.41, 5.74) is 6.65. The van der Waals surface area contributed by atoms with Gasteiger partial charge in [0.15, 0.2) is 0 Å². The van der Waals surface area contributed by atoms with Crippen LogP contribution in [0.3, 0.4) is 0 Å². The highest BCUT2D eigenvalue weighted by molar-refractivity contribution is 5.46. The molecule has 1 aromatic carbocycles. The number of hydrogen-bond donors (Lipinski definition) is 0. The molecule has 4 nitrogen and oxygen atoms in total. The van der Waals surface area contributed by atoms with Gasteiger partial charge < -0.3 is 0 Å². The van der Waals surface area contributed by atoms with E-state index in [1.165, 1.54) is 23.1 Å². The summed E-state index contributed by atoms with van der Waals surface area (Å²) >= 11 is 0. The molecule has 0 saturated carbocycles. The lowest BCUT2D eigenvalue weighted by Gasteiger charge is -2.25. The van der Waals surface area contributed by atoms with Gasteiger partial charge in [0.05, 0.1) is 5.69 Å². The number of aromatic nitrogens is 2. The molecule has 0 bridgehead atoms. The number of pyridine rings is 1. The van der Waals surface area contributed by atoms with Crippen molar-refractivity contribution in [3.8, 4) is 0 Å². The third-order valence-corrected chi connectivity index (χ3v) is 5.30. The molecule has 26 heavy (non-hydrogen) atoms. The number of rotatable bonds is 3. The maximum absolute atomic E-state index is 12.5. The Kier molecular flexibility index (Phi) is 4.37. The molecule has 1 unspecified atom stereocenters. The van der Waals surface area contributed by atoms with E-state index in [2.05, 4.69) is 36.9 Å². The highest BCUT2D eigenvalue weighted by Crippen LogP contribution is 2.33. The topological polar surface area (TPSA) is 37.6 Å². The molecule has 1 atom stereocenters. The summed E-state index contributed by atoms with van der Waals surface area (Å²) in [6.07, 6.45) is 4.13. The van der Waals surface area contributed by atoms with Crippen molar-refractivity contribution in [2.45, 2.75) is 46.2 Å². The molecule has 3 heterocycles. The first-order valence-corrected chi connectivity index (χ1v) is 9.31. The van der Waals surface area contributed by atoms with Gasteiger partial charge in [-0.1, -0.05) is 35.4 Å². The van der Waals surface area contributed by atoms with Crippen molar-refractivity contribution >= 4 is 5.65 Å². The van der Waals surface area contributed by atoms with E-state index in [0.717, 1.165) is 36.4 Å². The highest BCUT2D eigenvalue weighted by Gasteiger charge is 2.26. The Hall–Kier alpha value is -2.46. The maximum Gasteiger partial charge on any atom is 0.258 e. The second-order valence-electron chi connectivity index (χ2n) is 7.52. The molecule has 0 aliphatic carbocycles. The van der Waals surface area contributed by atoms with Gasteiger partial charge in [-0.25, -0.2) is 4.98 Å². The number of hydrogen-bond acceptors (Lipinski definition) is 3. The number of fused-ring (bicyclic) bond motifs is 1. The minimum atomic E-state index is -0.00385. The van der Waals surface area contributed by atoms with Gasteiger partial charge in [0.25, 0.3) is 5.56 Å². The molecule has 134 valence electrons. The van der Waals surface area contributed by atoms with Gasteiger partial charge in [0, 0.05) is 24.8 Å². The maximum atomic E-state index is 12.5. The summed E-state index contributed by atoms with van der Waals surface area (Å²) in [6.45, 7) is 8.08. The van der Waals surface area contributed by atoms with Gasteiger partial charge in [-0.15, -0.1) is 0 Å². The molecular formula is C22H25N3O. The number of likely N-dealkylation sites (tertiary alicyclic amines) is 1. The van der Waals surface area contributed by atoms with Gasteiger partial charge in [-0.05, 0) is 57.4 Å². The van der Waals surface area contributed by atoms with Crippen LogP contribution in [0, 0.1) is 20.8 Å². The summed E-state index contributed by atoms with van der Waals surface area (Å²) in [5.74, 6) is 0. The predicted molar refractivity (Wildman–Crippen MR) is 105 cm³/mol. The lowest BCUT2D eigenvalue weighted by atomic mass is 9.99. The standard InChI is InChI=1S/C22H25N3O/c1-15-10-16(2)12-18(11-15)20-7-5-8-24(20)14-19-13-21(26)25-9-4-6-17(3)22(25)23-19/h4,6,9-13,20H,5,7-8,14H2,1-3H3. The van der Waals surface area contributed by atoms with Crippen molar-refractivity contribution in [2.24, 2.45) is 0 Å². The fraction of sp³-hybridized carbons (Fsp3) is 0.364. The van der Waals surface area contributed by atoms with Crippen LogP contribution in [0.5, 0.6) is 0 Å². The molecule has 2 aromatic heterocycles. The third-order valence-electron chi connectivity index (χ3n) is 5.30. The SMILES string of the molecule is Cc1cc(C)cc(C2CCCN2Cc2cc(=O)n3cccc(C)c3n2)c1. The molecule has 1 fully saturated rings. The van der Waals surface area contributed by atoms with Crippen molar-refractivity contribution in [1.29, 1.82) is 0 Å². The molecule has 0 N–H and O–H groups in total. The number of benzene rings is 1. The molecule has 0 radical (unpaired) electrons. The van der Waals surface area contributed by atoms with Gasteiger partial charge in [-0.2, -0.15) is 0 Å². The first-order valence-electron chi connectivity index (χ1n) is 9.31. The minimum absolute atomic E-state index is 0.00385. The summed E-state index contributed by atoms with van der Waals surface area (Å²) < 4.78 is 1.63. The fourth-order valence-corrected chi connectivity index (χ4v) is 4.19. The van der Waals surface area contributed by atoms with Crippen LogP contribution in [-0.4, -0.2) is 20.8 Å². The smallest absolute Gasteiger partial charge is 0.258 e. The minimum Gasteiger partial charge on any atom is -0.291 e. The first kappa shape index (κ1) is 17.0. The van der Waals surface area contributed by atoms with E-state index < -0.39 is 0 Å². The van der Waals surface area contributed by atoms with Crippen LogP contribution >= 0.6 is 0 Å². The molecule has 1 saturated heterocycles. The van der Waals surface area contributed by atoms with E-state index in [9.17, 15) is 4.79 Å². The molecule has 0 amide bonds. The highest BCUT2D eigenvalue weighted by atomic mass is 16.1. The molecule has 4 rings (SSSR count). The van der Waals surface area contributed by atoms with Crippen molar-refractivity contribution in [2.75, 3.05) is 6.54 Å². The molecule has 0 spiro atoms. The van der Waals surface area contributed by atoms with Crippen LogP contribution in [0.25, 0.3) is 5.65 Å². The summed E-state index contributed by atoms with van der Waals surface area (Å²) in [5, 5.41) is 0.